The number of benzene rings is 1. The maximum atomic E-state index is 13.6. The molecule has 1 saturated carbocycles. The number of rotatable bonds is 5. The first-order valence-corrected chi connectivity index (χ1v) is 8.55. The number of halogens is 2. The fraction of sp³-hybridized carbons (Fsp3) is 0.375. The number of hydrogen-bond donors (Lipinski definition) is 1. The SMILES string of the molecule is Fc1ccccc1C1CC(NCCc2ccc(Br)s2)C1. The molecule has 1 fully saturated rings. The first kappa shape index (κ1) is 14.2. The summed E-state index contributed by atoms with van der Waals surface area (Å²) >= 11 is 5.27. The van der Waals surface area contributed by atoms with Crippen LogP contribution in [0.1, 0.15) is 29.2 Å². The summed E-state index contributed by atoms with van der Waals surface area (Å²) in [6.07, 6.45) is 3.17. The average Bonchev–Trinajstić information content (AvgIpc) is 2.79. The maximum absolute atomic E-state index is 13.6. The van der Waals surface area contributed by atoms with Crippen molar-refractivity contribution in [3.05, 3.63) is 56.4 Å². The molecule has 1 aliphatic rings. The predicted octanol–water partition coefficient (Wildman–Crippen LogP) is 4.73. The summed E-state index contributed by atoms with van der Waals surface area (Å²) in [6.45, 7) is 1.00. The molecule has 1 heterocycles. The third-order valence-electron chi connectivity index (χ3n) is 3.92. The first-order valence-electron chi connectivity index (χ1n) is 6.94. The molecule has 1 N–H and O–H groups in total. The lowest BCUT2D eigenvalue weighted by Crippen LogP contribution is -2.41. The van der Waals surface area contributed by atoms with Crippen LogP contribution in [0.3, 0.4) is 0 Å². The summed E-state index contributed by atoms with van der Waals surface area (Å²) in [5.74, 6) is 0.337. The van der Waals surface area contributed by atoms with E-state index in [1.807, 2.05) is 12.1 Å². The van der Waals surface area contributed by atoms with Crippen molar-refractivity contribution in [2.45, 2.75) is 31.2 Å². The highest BCUT2D eigenvalue weighted by Gasteiger charge is 2.31. The van der Waals surface area contributed by atoms with Crippen molar-refractivity contribution in [3.8, 4) is 0 Å². The van der Waals surface area contributed by atoms with Crippen molar-refractivity contribution in [3.63, 3.8) is 0 Å². The van der Waals surface area contributed by atoms with Crippen LogP contribution >= 0.6 is 27.3 Å². The van der Waals surface area contributed by atoms with Gasteiger partial charge in [0.2, 0.25) is 0 Å². The molecule has 0 bridgehead atoms. The number of nitrogens with one attached hydrogen (secondary N) is 1. The van der Waals surface area contributed by atoms with Gasteiger partial charge in [0, 0.05) is 17.5 Å². The van der Waals surface area contributed by atoms with Gasteiger partial charge in [-0.3, -0.25) is 0 Å². The number of thiophene rings is 1. The standard InChI is InChI=1S/C16H17BrFNS/c17-16-6-5-13(20-16)7-8-19-12-9-11(10-12)14-3-1-2-4-15(14)18/h1-6,11-12,19H,7-10H2. The van der Waals surface area contributed by atoms with Crippen LogP contribution in [0.15, 0.2) is 40.2 Å². The van der Waals surface area contributed by atoms with E-state index in [0.29, 0.717) is 12.0 Å². The van der Waals surface area contributed by atoms with Gasteiger partial charge in [-0.25, -0.2) is 4.39 Å². The summed E-state index contributed by atoms with van der Waals surface area (Å²) in [4.78, 5) is 1.40. The van der Waals surface area contributed by atoms with Gasteiger partial charge < -0.3 is 5.32 Å². The van der Waals surface area contributed by atoms with Gasteiger partial charge in [-0.15, -0.1) is 11.3 Å². The Labute approximate surface area is 131 Å². The molecular formula is C16H17BrFNS. The van der Waals surface area contributed by atoms with Crippen LogP contribution in [0.25, 0.3) is 0 Å². The Morgan fingerprint density at radius 2 is 2.00 bits per heavy atom. The van der Waals surface area contributed by atoms with E-state index >= 15 is 0 Å². The summed E-state index contributed by atoms with van der Waals surface area (Å²) in [5.41, 5.74) is 0.882. The molecule has 1 aromatic heterocycles. The van der Waals surface area contributed by atoms with Gasteiger partial charge in [0.1, 0.15) is 5.82 Å². The first-order chi connectivity index (χ1) is 9.72. The normalized spacial score (nSPS) is 21.7. The highest BCUT2D eigenvalue weighted by atomic mass is 79.9. The van der Waals surface area contributed by atoms with E-state index in [0.717, 1.165) is 31.4 Å². The Balaban J connectivity index is 1.41. The van der Waals surface area contributed by atoms with Gasteiger partial charge in [0.25, 0.3) is 0 Å². The molecule has 0 aliphatic heterocycles. The molecule has 3 rings (SSSR count). The van der Waals surface area contributed by atoms with Crippen molar-refractivity contribution >= 4 is 27.3 Å². The minimum atomic E-state index is -0.0561. The molecule has 106 valence electrons. The van der Waals surface area contributed by atoms with Crippen LogP contribution in [0.5, 0.6) is 0 Å². The molecule has 0 atom stereocenters. The number of hydrogen-bond acceptors (Lipinski definition) is 2. The molecule has 1 nitrogen and oxygen atoms in total. The Morgan fingerprint density at radius 1 is 1.20 bits per heavy atom. The van der Waals surface area contributed by atoms with E-state index < -0.39 is 0 Å². The highest BCUT2D eigenvalue weighted by molar-refractivity contribution is 9.11. The topological polar surface area (TPSA) is 12.0 Å². The Morgan fingerprint density at radius 3 is 2.70 bits per heavy atom. The third kappa shape index (κ3) is 3.30. The van der Waals surface area contributed by atoms with E-state index in [9.17, 15) is 4.39 Å². The lowest BCUT2D eigenvalue weighted by atomic mass is 9.75. The fourth-order valence-electron chi connectivity index (χ4n) is 2.73. The molecule has 4 heteroatoms. The largest absolute Gasteiger partial charge is 0.314 e. The molecule has 0 amide bonds. The van der Waals surface area contributed by atoms with Crippen LogP contribution in [0, 0.1) is 5.82 Å². The Bertz CT molecular complexity index is 577. The van der Waals surface area contributed by atoms with Crippen molar-refractivity contribution in [1.29, 1.82) is 0 Å². The van der Waals surface area contributed by atoms with Gasteiger partial charge in [-0.2, -0.15) is 0 Å². The zero-order valence-electron chi connectivity index (χ0n) is 11.1. The molecule has 0 spiro atoms. The zero-order valence-corrected chi connectivity index (χ0v) is 13.5. The molecule has 1 aliphatic carbocycles. The Kier molecular flexibility index (Phi) is 4.54. The van der Waals surface area contributed by atoms with Crippen LogP contribution in [0.2, 0.25) is 0 Å². The summed E-state index contributed by atoms with van der Waals surface area (Å²) in [5, 5.41) is 3.56. The third-order valence-corrected chi connectivity index (χ3v) is 5.60. The molecule has 2 aromatic rings. The smallest absolute Gasteiger partial charge is 0.126 e. The second kappa shape index (κ2) is 6.37. The quantitative estimate of drug-likeness (QED) is 0.819. The Hall–Kier alpha value is -0.710. The van der Waals surface area contributed by atoms with Crippen molar-refractivity contribution in [2.24, 2.45) is 0 Å². The van der Waals surface area contributed by atoms with E-state index in [2.05, 4.69) is 33.4 Å². The van der Waals surface area contributed by atoms with Crippen LogP contribution in [0.4, 0.5) is 4.39 Å². The van der Waals surface area contributed by atoms with E-state index in [4.69, 9.17) is 0 Å². The molecule has 0 radical (unpaired) electrons. The predicted molar refractivity (Wildman–Crippen MR) is 85.9 cm³/mol. The van der Waals surface area contributed by atoms with E-state index in [-0.39, 0.29) is 5.82 Å². The molecular weight excluding hydrogens is 337 g/mol. The monoisotopic (exact) mass is 353 g/mol. The summed E-state index contributed by atoms with van der Waals surface area (Å²) in [6, 6.07) is 12.0. The van der Waals surface area contributed by atoms with Crippen molar-refractivity contribution in [1.82, 2.24) is 5.32 Å². The lowest BCUT2D eigenvalue weighted by molar-refractivity contribution is 0.287. The van der Waals surface area contributed by atoms with Crippen molar-refractivity contribution < 1.29 is 4.39 Å². The van der Waals surface area contributed by atoms with Gasteiger partial charge >= 0.3 is 0 Å². The zero-order chi connectivity index (χ0) is 13.9. The molecule has 0 unspecified atom stereocenters. The summed E-state index contributed by atoms with van der Waals surface area (Å²) in [7, 11) is 0. The minimum absolute atomic E-state index is 0.0561. The molecule has 1 aromatic carbocycles. The van der Waals surface area contributed by atoms with E-state index in [1.165, 1.54) is 8.66 Å². The van der Waals surface area contributed by atoms with Gasteiger partial charge in [-0.1, -0.05) is 18.2 Å². The van der Waals surface area contributed by atoms with Crippen LogP contribution < -0.4 is 5.32 Å². The molecule has 20 heavy (non-hydrogen) atoms. The van der Waals surface area contributed by atoms with Crippen molar-refractivity contribution in [2.75, 3.05) is 6.54 Å². The fourth-order valence-corrected chi connectivity index (χ4v) is 4.21. The maximum Gasteiger partial charge on any atom is 0.126 e. The van der Waals surface area contributed by atoms with Crippen LogP contribution in [-0.4, -0.2) is 12.6 Å². The van der Waals surface area contributed by atoms with Gasteiger partial charge in [0.05, 0.1) is 3.79 Å². The van der Waals surface area contributed by atoms with Gasteiger partial charge in [0.15, 0.2) is 0 Å². The lowest BCUT2D eigenvalue weighted by Gasteiger charge is -2.36. The second-order valence-corrected chi connectivity index (χ2v) is 7.84. The average molecular weight is 354 g/mol. The van der Waals surface area contributed by atoms with Crippen LogP contribution in [-0.2, 0) is 6.42 Å². The van der Waals surface area contributed by atoms with Gasteiger partial charge in [-0.05, 0) is 64.9 Å². The minimum Gasteiger partial charge on any atom is -0.314 e. The highest BCUT2D eigenvalue weighted by Crippen LogP contribution is 2.37. The van der Waals surface area contributed by atoms with E-state index in [1.54, 1.807) is 23.5 Å². The summed E-state index contributed by atoms with van der Waals surface area (Å²) < 4.78 is 14.8. The molecule has 0 saturated heterocycles. The second-order valence-electron chi connectivity index (χ2n) is 5.30.